The molecule has 1 N–H and O–H groups in total. The van der Waals surface area contributed by atoms with Crippen molar-refractivity contribution in [1.82, 2.24) is 15.1 Å². The summed E-state index contributed by atoms with van der Waals surface area (Å²) in [4.78, 5) is 25.3. The Hall–Kier alpha value is -3.58. The molecule has 0 saturated carbocycles. The molecule has 0 aliphatic rings. The number of hydrogen-bond donors (Lipinski definition) is 1. The number of halogens is 3. The Morgan fingerprint density at radius 2 is 1.68 bits per heavy atom. The van der Waals surface area contributed by atoms with E-state index in [4.69, 9.17) is 11.6 Å². The largest absolute Gasteiger partial charge is 0.350 e. The van der Waals surface area contributed by atoms with Gasteiger partial charge >= 0.3 is 0 Å². The molecule has 0 spiro atoms. The SMILES string of the molecule is O=C(Cn1nc(-c2ccc(F)c(F)c2)c2ccccc2c1=O)NCc1ccc(Cl)cc1. The zero-order valence-corrected chi connectivity index (χ0v) is 16.9. The van der Waals surface area contributed by atoms with Gasteiger partial charge in [0, 0.05) is 22.5 Å². The van der Waals surface area contributed by atoms with Gasteiger partial charge in [0.25, 0.3) is 5.56 Å². The van der Waals surface area contributed by atoms with Crippen LogP contribution in [-0.2, 0) is 17.9 Å². The molecule has 3 aromatic carbocycles. The van der Waals surface area contributed by atoms with E-state index in [9.17, 15) is 18.4 Å². The van der Waals surface area contributed by atoms with Gasteiger partial charge in [-0.05, 0) is 42.0 Å². The number of aromatic nitrogens is 2. The molecule has 0 aliphatic heterocycles. The summed E-state index contributed by atoms with van der Waals surface area (Å²) in [6.07, 6.45) is 0. The predicted molar refractivity (Wildman–Crippen MR) is 115 cm³/mol. The highest BCUT2D eigenvalue weighted by Gasteiger charge is 2.15. The number of fused-ring (bicyclic) bond motifs is 1. The molecule has 0 radical (unpaired) electrons. The minimum Gasteiger partial charge on any atom is -0.350 e. The summed E-state index contributed by atoms with van der Waals surface area (Å²) in [6.45, 7) is -0.0672. The summed E-state index contributed by atoms with van der Waals surface area (Å²) in [6, 6.07) is 17.1. The number of nitrogens with zero attached hydrogens (tertiary/aromatic N) is 2. The number of carbonyl (C=O) groups is 1. The average molecular weight is 440 g/mol. The lowest BCUT2D eigenvalue weighted by Crippen LogP contribution is -2.33. The molecule has 0 saturated heterocycles. The van der Waals surface area contributed by atoms with E-state index in [0.717, 1.165) is 22.4 Å². The molecule has 8 heteroatoms. The molecule has 1 heterocycles. The lowest BCUT2D eigenvalue weighted by molar-refractivity contribution is -0.122. The van der Waals surface area contributed by atoms with E-state index in [-0.39, 0.29) is 18.8 Å². The quantitative estimate of drug-likeness (QED) is 0.504. The van der Waals surface area contributed by atoms with Crippen molar-refractivity contribution < 1.29 is 13.6 Å². The van der Waals surface area contributed by atoms with Crippen LogP contribution in [0.1, 0.15) is 5.56 Å². The molecule has 31 heavy (non-hydrogen) atoms. The minimum absolute atomic E-state index is 0.258. The summed E-state index contributed by atoms with van der Waals surface area (Å²) in [5.41, 5.74) is 0.965. The van der Waals surface area contributed by atoms with Gasteiger partial charge in [-0.3, -0.25) is 9.59 Å². The second kappa shape index (κ2) is 8.65. The van der Waals surface area contributed by atoms with Crippen molar-refractivity contribution in [3.05, 3.63) is 99.3 Å². The van der Waals surface area contributed by atoms with Crippen molar-refractivity contribution >= 4 is 28.3 Å². The minimum atomic E-state index is -1.03. The maximum absolute atomic E-state index is 13.8. The van der Waals surface area contributed by atoms with Crippen LogP contribution in [0.3, 0.4) is 0 Å². The highest BCUT2D eigenvalue weighted by Crippen LogP contribution is 2.26. The van der Waals surface area contributed by atoms with Gasteiger partial charge in [-0.2, -0.15) is 5.10 Å². The van der Waals surface area contributed by atoms with Crippen LogP contribution in [-0.4, -0.2) is 15.7 Å². The Morgan fingerprint density at radius 3 is 2.39 bits per heavy atom. The standard InChI is InChI=1S/C23H16ClF2N3O2/c24-16-8-5-14(6-9-16)12-27-21(30)13-29-23(31)18-4-2-1-3-17(18)22(28-29)15-7-10-19(25)20(26)11-15/h1-11H,12-13H2,(H,27,30). The summed E-state index contributed by atoms with van der Waals surface area (Å²) in [7, 11) is 0. The molecule has 5 nitrogen and oxygen atoms in total. The molecule has 0 bridgehead atoms. The average Bonchev–Trinajstić information content (AvgIpc) is 2.77. The number of nitrogens with one attached hydrogen (secondary N) is 1. The van der Waals surface area contributed by atoms with Crippen LogP contribution in [0.15, 0.2) is 71.5 Å². The molecule has 156 valence electrons. The molecule has 0 aliphatic carbocycles. The third kappa shape index (κ3) is 4.46. The smallest absolute Gasteiger partial charge is 0.275 e. The maximum atomic E-state index is 13.8. The number of hydrogen-bond acceptors (Lipinski definition) is 3. The maximum Gasteiger partial charge on any atom is 0.275 e. The van der Waals surface area contributed by atoms with E-state index < -0.39 is 23.1 Å². The molecule has 1 amide bonds. The van der Waals surface area contributed by atoms with Gasteiger partial charge in [-0.1, -0.05) is 41.9 Å². The fourth-order valence-electron chi connectivity index (χ4n) is 3.19. The predicted octanol–water partition coefficient (Wildman–Crippen LogP) is 4.31. The fraction of sp³-hybridized carbons (Fsp3) is 0.0870. The third-order valence-corrected chi connectivity index (χ3v) is 5.01. The Balaban J connectivity index is 1.66. The van der Waals surface area contributed by atoms with E-state index >= 15 is 0 Å². The molecule has 1 aromatic heterocycles. The fourth-order valence-corrected chi connectivity index (χ4v) is 3.32. The van der Waals surface area contributed by atoms with Gasteiger partial charge in [-0.15, -0.1) is 0 Å². The molecule has 4 aromatic rings. The summed E-state index contributed by atoms with van der Waals surface area (Å²) in [5.74, 6) is -2.43. The second-order valence-electron chi connectivity index (χ2n) is 6.89. The monoisotopic (exact) mass is 439 g/mol. The van der Waals surface area contributed by atoms with Crippen LogP contribution in [0.4, 0.5) is 8.78 Å². The summed E-state index contributed by atoms with van der Waals surface area (Å²) < 4.78 is 28.2. The van der Waals surface area contributed by atoms with Crippen LogP contribution >= 0.6 is 11.6 Å². The van der Waals surface area contributed by atoms with E-state index in [1.807, 2.05) is 0 Å². The molecule has 0 unspecified atom stereocenters. The third-order valence-electron chi connectivity index (χ3n) is 4.76. The van der Waals surface area contributed by atoms with E-state index in [0.29, 0.717) is 21.4 Å². The van der Waals surface area contributed by atoms with Crippen molar-refractivity contribution in [3.8, 4) is 11.3 Å². The van der Waals surface area contributed by atoms with E-state index in [2.05, 4.69) is 10.4 Å². The van der Waals surface area contributed by atoms with Crippen molar-refractivity contribution in [2.24, 2.45) is 0 Å². The molecule has 0 atom stereocenters. The first kappa shape index (κ1) is 20.7. The van der Waals surface area contributed by atoms with E-state index in [1.165, 1.54) is 6.07 Å². The Morgan fingerprint density at radius 1 is 0.968 bits per heavy atom. The normalized spacial score (nSPS) is 10.9. The number of amides is 1. The molecule has 4 rings (SSSR count). The number of carbonyl (C=O) groups excluding carboxylic acids is 1. The lowest BCUT2D eigenvalue weighted by atomic mass is 10.0. The van der Waals surface area contributed by atoms with Crippen LogP contribution in [0.2, 0.25) is 5.02 Å². The van der Waals surface area contributed by atoms with Crippen molar-refractivity contribution in [2.45, 2.75) is 13.1 Å². The Labute approximate surface area is 180 Å². The summed E-state index contributed by atoms with van der Waals surface area (Å²) >= 11 is 5.85. The topological polar surface area (TPSA) is 64.0 Å². The Bertz CT molecular complexity index is 1340. The van der Waals surface area contributed by atoms with Gasteiger partial charge in [0.15, 0.2) is 11.6 Å². The highest BCUT2D eigenvalue weighted by molar-refractivity contribution is 6.30. The van der Waals surface area contributed by atoms with Crippen LogP contribution in [0.25, 0.3) is 22.0 Å². The van der Waals surface area contributed by atoms with Crippen molar-refractivity contribution in [3.63, 3.8) is 0 Å². The first-order valence-electron chi connectivity index (χ1n) is 9.39. The lowest BCUT2D eigenvalue weighted by Gasteiger charge is -2.12. The highest BCUT2D eigenvalue weighted by atomic mass is 35.5. The van der Waals surface area contributed by atoms with Gasteiger partial charge in [0.1, 0.15) is 6.54 Å². The van der Waals surface area contributed by atoms with E-state index in [1.54, 1.807) is 48.5 Å². The van der Waals surface area contributed by atoms with Gasteiger partial charge < -0.3 is 5.32 Å². The zero-order chi connectivity index (χ0) is 22.0. The Kier molecular flexibility index (Phi) is 5.77. The van der Waals surface area contributed by atoms with Crippen LogP contribution < -0.4 is 10.9 Å². The van der Waals surface area contributed by atoms with Crippen molar-refractivity contribution in [2.75, 3.05) is 0 Å². The first-order chi connectivity index (χ1) is 14.9. The van der Waals surface area contributed by atoms with Crippen LogP contribution in [0.5, 0.6) is 0 Å². The molecular weight excluding hydrogens is 424 g/mol. The van der Waals surface area contributed by atoms with Crippen molar-refractivity contribution in [1.29, 1.82) is 0 Å². The van der Waals surface area contributed by atoms with Gasteiger partial charge in [-0.25, -0.2) is 13.5 Å². The number of benzene rings is 3. The molecule has 0 fully saturated rings. The zero-order valence-electron chi connectivity index (χ0n) is 16.1. The number of rotatable bonds is 5. The van der Waals surface area contributed by atoms with Gasteiger partial charge in [0.2, 0.25) is 5.91 Å². The second-order valence-corrected chi connectivity index (χ2v) is 7.33. The molecular formula is C23H16ClF2N3O2. The summed E-state index contributed by atoms with van der Waals surface area (Å²) in [5, 5.41) is 8.41. The first-order valence-corrected chi connectivity index (χ1v) is 9.76. The van der Waals surface area contributed by atoms with Gasteiger partial charge in [0.05, 0.1) is 11.1 Å². The van der Waals surface area contributed by atoms with Crippen LogP contribution in [0, 0.1) is 11.6 Å².